The molecule has 0 bridgehead atoms. The average molecular weight is 570 g/mol. The molecule has 0 spiro atoms. The fourth-order valence-corrected chi connectivity index (χ4v) is 4.74. The first-order valence-electron chi connectivity index (χ1n) is 13.0. The zero-order chi connectivity index (χ0) is 30.1. The van der Waals surface area contributed by atoms with E-state index in [1.54, 1.807) is 32.3 Å². The molecule has 4 heterocycles. The molecule has 14 heteroatoms. The number of imidazole rings is 1. The minimum Gasteiger partial charge on any atom is -0.478 e. The number of aromatic carboxylic acids is 1. The monoisotopic (exact) mass is 569 g/mol. The fourth-order valence-electron chi connectivity index (χ4n) is 4.74. The van der Waals surface area contributed by atoms with Crippen molar-refractivity contribution in [2.45, 2.75) is 65.3 Å². The Morgan fingerprint density at radius 1 is 1.22 bits per heavy atom. The molecule has 1 atom stereocenters. The summed E-state index contributed by atoms with van der Waals surface area (Å²) in [4.78, 5) is 61.3. The number of carboxylic acids is 1. The van der Waals surface area contributed by atoms with E-state index in [0.717, 1.165) is 23.1 Å². The molecular weight excluding hydrogens is 537 g/mol. The highest BCUT2D eigenvalue weighted by Crippen LogP contribution is 2.24. The predicted octanol–water partition coefficient (Wildman–Crippen LogP) is 1.69. The van der Waals surface area contributed by atoms with E-state index in [-0.39, 0.29) is 35.0 Å². The molecule has 3 aromatic rings. The summed E-state index contributed by atoms with van der Waals surface area (Å²) in [6, 6.07) is 1.68. The topological polar surface area (TPSA) is 154 Å². The number of piperidine rings is 1. The van der Waals surface area contributed by atoms with Gasteiger partial charge < -0.3 is 20.1 Å². The van der Waals surface area contributed by atoms with Gasteiger partial charge in [0, 0.05) is 26.2 Å². The molecule has 13 nitrogen and oxygen atoms in total. The number of pyridine rings is 1. The van der Waals surface area contributed by atoms with Crippen LogP contribution in [0.2, 0.25) is 0 Å². The number of anilines is 1. The molecule has 0 radical (unpaired) electrons. The Hall–Kier alpha value is -4.67. The van der Waals surface area contributed by atoms with E-state index in [1.807, 2.05) is 4.90 Å². The smallest absolute Gasteiger partial charge is 0.407 e. The van der Waals surface area contributed by atoms with E-state index in [4.69, 9.17) is 4.74 Å². The van der Waals surface area contributed by atoms with Crippen molar-refractivity contribution in [2.75, 3.05) is 18.0 Å². The van der Waals surface area contributed by atoms with Gasteiger partial charge in [0.05, 0.1) is 24.3 Å². The summed E-state index contributed by atoms with van der Waals surface area (Å²) in [6.07, 6.45) is 0.893. The van der Waals surface area contributed by atoms with Crippen molar-refractivity contribution in [1.29, 1.82) is 0 Å². The van der Waals surface area contributed by atoms with Crippen molar-refractivity contribution in [3.63, 3.8) is 0 Å². The molecular formula is C27H32FN7O6. The number of aryl methyl sites for hydroxylation is 1. The molecule has 2 N–H and O–H groups in total. The van der Waals surface area contributed by atoms with E-state index in [1.165, 1.54) is 11.6 Å². The number of halogens is 1. The first kappa shape index (κ1) is 29.3. The third-order valence-electron chi connectivity index (χ3n) is 6.53. The van der Waals surface area contributed by atoms with Gasteiger partial charge in [0.15, 0.2) is 11.2 Å². The maximum Gasteiger partial charge on any atom is 0.407 e. The van der Waals surface area contributed by atoms with Crippen molar-refractivity contribution in [1.82, 2.24) is 29.0 Å². The van der Waals surface area contributed by atoms with Crippen LogP contribution in [0.25, 0.3) is 11.2 Å². The van der Waals surface area contributed by atoms with Crippen LogP contribution >= 0.6 is 0 Å². The quantitative estimate of drug-likeness (QED) is 0.334. The number of amides is 1. The second-order valence-electron chi connectivity index (χ2n) is 10.7. The minimum atomic E-state index is -1.37. The maximum absolute atomic E-state index is 13.9. The van der Waals surface area contributed by atoms with Gasteiger partial charge in [-0.3, -0.25) is 18.5 Å². The zero-order valence-electron chi connectivity index (χ0n) is 23.5. The number of fused-ring (bicyclic) bond motifs is 1. The first-order valence-corrected chi connectivity index (χ1v) is 13.0. The molecule has 4 rings (SSSR count). The van der Waals surface area contributed by atoms with Crippen LogP contribution in [0.5, 0.6) is 0 Å². The van der Waals surface area contributed by atoms with Crippen LogP contribution < -0.4 is 21.5 Å². The van der Waals surface area contributed by atoms with Gasteiger partial charge in [0.1, 0.15) is 5.60 Å². The molecule has 218 valence electrons. The molecule has 1 saturated heterocycles. The lowest BCUT2D eigenvalue weighted by atomic mass is 10.1. The van der Waals surface area contributed by atoms with E-state index < -0.39 is 41.4 Å². The number of rotatable bonds is 6. The number of nitrogens with one attached hydrogen (secondary N) is 1. The van der Waals surface area contributed by atoms with Gasteiger partial charge in [-0.25, -0.2) is 19.4 Å². The Bertz CT molecular complexity index is 1690. The molecule has 41 heavy (non-hydrogen) atoms. The van der Waals surface area contributed by atoms with E-state index in [9.17, 15) is 28.7 Å². The first-order chi connectivity index (χ1) is 19.3. The third kappa shape index (κ3) is 6.24. The van der Waals surface area contributed by atoms with Gasteiger partial charge in [0.2, 0.25) is 11.9 Å². The van der Waals surface area contributed by atoms with E-state index in [0.29, 0.717) is 25.5 Å². The van der Waals surface area contributed by atoms with Crippen molar-refractivity contribution in [2.24, 2.45) is 7.05 Å². The number of nitrogens with zero attached hydrogens (tertiary/aromatic N) is 6. The molecule has 1 aliphatic heterocycles. The molecule has 0 aliphatic carbocycles. The second kappa shape index (κ2) is 11.4. The summed E-state index contributed by atoms with van der Waals surface area (Å²) >= 11 is 0. The Kier molecular flexibility index (Phi) is 8.18. The molecule has 1 fully saturated rings. The van der Waals surface area contributed by atoms with Gasteiger partial charge in [-0.2, -0.15) is 9.37 Å². The lowest BCUT2D eigenvalue weighted by molar-refractivity contribution is 0.0499. The van der Waals surface area contributed by atoms with Gasteiger partial charge in [-0.05, 0) is 52.7 Å². The SMILES string of the molecule is CC#CCn1c(N2CCC[C@H](NC(=O)OC(C)(C)C)C2)nc2c1c(=O)n(Cc1nc(F)ccc1C(=O)O)c(=O)n2C. The van der Waals surface area contributed by atoms with Crippen LogP contribution in [0.4, 0.5) is 15.1 Å². The molecule has 1 amide bonds. The van der Waals surface area contributed by atoms with Crippen LogP contribution in [-0.2, 0) is 24.9 Å². The summed E-state index contributed by atoms with van der Waals surface area (Å²) < 4.78 is 22.9. The van der Waals surface area contributed by atoms with Crippen LogP contribution in [0.1, 0.15) is 56.6 Å². The lowest BCUT2D eigenvalue weighted by Gasteiger charge is -2.34. The highest BCUT2D eigenvalue weighted by Gasteiger charge is 2.29. The van der Waals surface area contributed by atoms with E-state index in [2.05, 4.69) is 27.1 Å². The maximum atomic E-state index is 13.9. The Morgan fingerprint density at radius 2 is 1.95 bits per heavy atom. The number of hydrogen-bond acceptors (Lipinski definition) is 8. The van der Waals surface area contributed by atoms with Gasteiger partial charge >= 0.3 is 17.8 Å². The standard InChI is InChI=1S/C27H32FN7O6/c1-6-7-13-34-20-21(31-24(34)33-12-8-9-16(14-33)29-25(39)41-27(2,3)4)32(5)26(40)35(22(20)36)15-18-17(23(37)38)10-11-19(28)30-18/h10-11,16H,8-9,12-15H2,1-5H3,(H,29,39)(H,37,38)/t16-/m0/s1. The van der Waals surface area contributed by atoms with Gasteiger partial charge in [0.25, 0.3) is 5.56 Å². The Balaban J connectivity index is 1.79. The van der Waals surface area contributed by atoms with Gasteiger partial charge in [-0.1, -0.05) is 5.92 Å². The third-order valence-corrected chi connectivity index (χ3v) is 6.53. The number of carbonyl (C=O) groups excluding carboxylic acids is 1. The summed E-state index contributed by atoms with van der Waals surface area (Å²) in [6.45, 7) is 7.45. The van der Waals surface area contributed by atoms with Crippen LogP contribution in [0, 0.1) is 17.8 Å². The highest BCUT2D eigenvalue weighted by molar-refractivity contribution is 5.88. The summed E-state index contributed by atoms with van der Waals surface area (Å²) in [5, 5.41) is 12.4. The highest BCUT2D eigenvalue weighted by atomic mass is 19.1. The zero-order valence-corrected chi connectivity index (χ0v) is 23.5. The van der Waals surface area contributed by atoms with Crippen LogP contribution in [0.3, 0.4) is 0 Å². The molecule has 1 aliphatic rings. The van der Waals surface area contributed by atoms with E-state index >= 15 is 0 Å². The summed E-state index contributed by atoms with van der Waals surface area (Å²) in [7, 11) is 1.44. The molecule has 0 saturated carbocycles. The molecule has 0 aromatic carbocycles. The fraction of sp³-hybridized carbons (Fsp3) is 0.481. The summed E-state index contributed by atoms with van der Waals surface area (Å²) in [5.41, 5.74) is -2.60. The van der Waals surface area contributed by atoms with Crippen molar-refractivity contribution < 1.29 is 23.8 Å². The minimum absolute atomic E-state index is 0.0698. The van der Waals surface area contributed by atoms with Crippen molar-refractivity contribution in [3.05, 3.63) is 50.2 Å². The molecule has 3 aromatic heterocycles. The number of ether oxygens (including phenoxy) is 1. The van der Waals surface area contributed by atoms with Crippen LogP contribution in [-0.4, -0.2) is 65.6 Å². The number of carbonyl (C=O) groups is 2. The van der Waals surface area contributed by atoms with Gasteiger partial charge in [-0.15, -0.1) is 5.92 Å². The molecule has 0 unspecified atom stereocenters. The normalized spacial score (nSPS) is 15.4. The van der Waals surface area contributed by atoms with Crippen LogP contribution in [0.15, 0.2) is 21.7 Å². The van der Waals surface area contributed by atoms with Crippen molar-refractivity contribution >= 4 is 29.2 Å². The second-order valence-corrected chi connectivity index (χ2v) is 10.7. The summed E-state index contributed by atoms with van der Waals surface area (Å²) in [5.74, 6) is 3.81. The number of aromatic nitrogens is 5. The number of alkyl carbamates (subject to hydrolysis) is 1. The number of carboxylic acid groups (broad SMARTS) is 1. The van der Waals surface area contributed by atoms with Crippen molar-refractivity contribution in [3.8, 4) is 11.8 Å². The Labute approximate surface area is 234 Å². The predicted molar refractivity (Wildman–Crippen MR) is 148 cm³/mol. The number of hydrogen-bond donors (Lipinski definition) is 2. The largest absolute Gasteiger partial charge is 0.478 e. The average Bonchev–Trinajstić information content (AvgIpc) is 3.27. The lowest BCUT2D eigenvalue weighted by Crippen LogP contribution is -2.49. The Morgan fingerprint density at radius 3 is 2.61 bits per heavy atom.